The van der Waals surface area contributed by atoms with Crippen molar-refractivity contribution in [3.63, 3.8) is 0 Å². The number of likely N-dealkylation sites (tertiary alicyclic amines) is 1. The van der Waals surface area contributed by atoms with Gasteiger partial charge in [0, 0.05) is 13.1 Å². The summed E-state index contributed by atoms with van der Waals surface area (Å²) in [6.45, 7) is 4.14. The Kier molecular flexibility index (Phi) is 4.59. The van der Waals surface area contributed by atoms with Crippen LogP contribution in [0.15, 0.2) is 10.3 Å². The molecule has 1 fully saturated rings. The van der Waals surface area contributed by atoms with Gasteiger partial charge in [-0.25, -0.2) is 13.6 Å². The first-order valence-electron chi connectivity index (χ1n) is 6.75. The van der Waals surface area contributed by atoms with Crippen molar-refractivity contribution in [3.05, 3.63) is 16.5 Å². The van der Waals surface area contributed by atoms with E-state index in [-0.39, 0.29) is 22.6 Å². The van der Waals surface area contributed by atoms with Gasteiger partial charge in [-0.1, -0.05) is 6.92 Å². The molecule has 1 aliphatic heterocycles. The van der Waals surface area contributed by atoms with Crippen molar-refractivity contribution < 1.29 is 23.1 Å². The highest BCUT2D eigenvalue weighted by atomic mass is 32.2. The normalized spacial score (nSPS) is 22.6. The Morgan fingerprint density at radius 3 is 2.55 bits per heavy atom. The van der Waals surface area contributed by atoms with E-state index in [4.69, 9.17) is 10.2 Å². The number of sulfonamides is 1. The van der Waals surface area contributed by atoms with Crippen LogP contribution in [0.2, 0.25) is 0 Å². The van der Waals surface area contributed by atoms with Crippen molar-refractivity contribution in [2.24, 2.45) is 17.0 Å². The minimum Gasteiger partial charge on any atom is -0.481 e. The summed E-state index contributed by atoms with van der Waals surface area (Å²) < 4.78 is 22.7. The maximum Gasteiger partial charge on any atom is 0.308 e. The highest BCUT2D eigenvalue weighted by Crippen LogP contribution is 2.29. The van der Waals surface area contributed by atoms with Crippen LogP contribution in [0.4, 0.5) is 0 Å². The van der Waals surface area contributed by atoms with Crippen molar-refractivity contribution in [2.75, 3.05) is 13.1 Å². The predicted octanol–water partition coefficient (Wildman–Crippen LogP) is 0.887. The standard InChI is InChI=1S/C13H18N2O5S2/c1-7-3-9(13(17)18)6-15(5-7)12(16)11-8(2)4-10(21-11)22(14,19)20/h4,7,9H,3,5-6H2,1-2H3,(H,17,18)(H2,14,19,20). The molecule has 1 saturated heterocycles. The number of hydrogen-bond acceptors (Lipinski definition) is 5. The fourth-order valence-corrected chi connectivity index (χ4v) is 4.57. The van der Waals surface area contributed by atoms with Gasteiger partial charge >= 0.3 is 5.97 Å². The number of piperidine rings is 1. The number of rotatable bonds is 3. The zero-order chi connectivity index (χ0) is 16.7. The minimum atomic E-state index is -3.85. The molecule has 3 N–H and O–H groups in total. The molecule has 2 heterocycles. The number of thiophene rings is 1. The first-order valence-corrected chi connectivity index (χ1v) is 9.11. The molecule has 22 heavy (non-hydrogen) atoms. The molecule has 2 atom stereocenters. The average molecular weight is 346 g/mol. The lowest BCUT2D eigenvalue weighted by molar-refractivity contribution is -0.143. The molecule has 1 aromatic heterocycles. The summed E-state index contributed by atoms with van der Waals surface area (Å²) in [4.78, 5) is 25.5. The van der Waals surface area contributed by atoms with Crippen molar-refractivity contribution in [1.29, 1.82) is 0 Å². The predicted molar refractivity (Wildman–Crippen MR) is 81.2 cm³/mol. The number of carbonyl (C=O) groups is 2. The lowest BCUT2D eigenvalue weighted by Crippen LogP contribution is -2.45. The number of carboxylic acids is 1. The molecule has 1 amide bonds. The number of aliphatic carboxylic acids is 1. The van der Waals surface area contributed by atoms with E-state index >= 15 is 0 Å². The number of amides is 1. The summed E-state index contributed by atoms with van der Waals surface area (Å²) in [6, 6.07) is 1.37. The Labute approximate surface area is 132 Å². The smallest absolute Gasteiger partial charge is 0.308 e. The summed E-state index contributed by atoms with van der Waals surface area (Å²) >= 11 is 0.827. The van der Waals surface area contributed by atoms with Crippen molar-refractivity contribution in [1.82, 2.24) is 4.90 Å². The first kappa shape index (κ1) is 16.9. The SMILES string of the molecule is Cc1cc(S(N)(=O)=O)sc1C(=O)N1CC(C)CC(C(=O)O)C1. The number of nitrogens with two attached hydrogens (primary N) is 1. The summed E-state index contributed by atoms with van der Waals surface area (Å²) in [6.07, 6.45) is 0.533. The first-order chi connectivity index (χ1) is 10.1. The number of hydrogen-bond donors (Lipinski definition) is 2. The average Bonchev–Trinajstić information content (AvgIpc) is 2.79. The molecule has 0 bridgehead atoms. The topological polar surface area (TPSA) is 118 Å². The fraction of sp³-hybridized carbons (Fsp3) is 0.538. The Bertz CT molecular complexity index is 710. The Morgan fingerprint density at radius 2 is 2.05 bits per heavy atom. The van der Waals surface area contributed by atoms with E-state index in [0.717, 1.165) is 11.3 Å². The Balaban J connectivity index is 2.28. The van der Waals surface area contributed by atoms with Gasteiger partial charge in [0.05, 0.1) is 10.8 Å². The minimum absolute atomic E-state index is 0.0619. The third-order valence-electron chi connectivity index (χ3n) is 3.67. The second-order valence-electron chi connectivity index (χ2n) is 5.71. The Hall–Kier alpha value is -1.45. The van der Waals surface area contributed by atoms with Crippen molar-refractivity contribution in [2.45, 2.75) is 24.5 Å². The number of primary sulfonamides is 1. The maximum atomic E-state index is 12.6. The molecule has 1 aliphatic rings. The second-order valence-corrected chi connectivity index (χ2v) is 8.55. The summed E-state index contributed by atoms with van der Waals surface area (Å²) in [5.41, 5.74) is 0.532. The van der Waals surface area contributed by atoms with Crippen molar-refractivity contribution in [3.8, 4) is 0 Å². The van der Waals surface area contributed by atoms with E-state index in [1.54, 1.807) is 6.92 Å². The molecular weight excluding hydrogens is 328 g/mol. The van der Waals surface area contributed by atoms with E-state index < -0.39 is 21.9 Å². The zero-order valence-corrected chi connectivity index (χ0v) is 13.9. The Morgan fingerprint density at radius 1 is 1.41 bits per heavy atom. The molecule has 0 saturated carbocycles. The van der Waals surface area contributed by atoms with E-state index in [1.807, 2.05) is 6.92 Å². The molecule has 7 nitrogen and oxygen atoms in total. The molecule has 9 heteroatoms. The van der Waals surface area contributed by atoms with E-state index in [2.05, 4.69) is 0 Å². The van der Waals surface area contributed by atoms with Gasteiger partial charge in [-0.2, -0.15) is 0 Å². The highest BCUT2D eigenvalue weighted by molar-refractivity contribution is 7.91. The molecule has 0 radical (unpaired) electrons. The van der Waals surface area contributed by atoms with Gasteiger partial charge in [0.25, 0.3) is 5.91 Å². The van der Waals surface area contributed by atoms with Gasteiger partial charge < -0.3 is 10.0 Å². The quantitative estimate of drug-likeness (QED) is 0.842. The van der Waals surface area contributed by atoms with Gasteiger partial charge in [-0.15, -0.1) is 11.3 Å². The van der Waals surface area contributed by atoms with Crippen LogP contribution in [0.25, 0.3) is 0 Å². The van der Waals surface area contributed by atoms with Crippen LogP contribution in [0.3, 0.4) is 0 Å². The monoisotopic (exact) mass is 346 g/mol. The molecule has 2 unspecified atom stereocenters. The lowest BCUT2D eigenvalue weighted by Gasteiger charge is -2.34. The van der Waals surface area contributed by atoms with E-state index in [1.165, 1.54) is 11.0 Å². The molecule has 0 spiro atoms. The van der Waals surface area contributed by atoms with Gasteiger partial charge in [0.2, 0.25) is 10.0 Å². The van der Waals surface area contributed by atoms with Crippen LogP contribution >= 0.6 is 11.3 Å². The molecule has 122 valence electrons. The van der Waals surface area contributed by atoms with Gasteiger partial charge in [-0.05, 0) is 30.9 Å². The molecular formula is C13H18N2O5S2. The molecule has 0 aromatic carbocycles. The molecule has 0 aliphatic carbocycles. The zero-order valence-electron chi connectivity index (χ0n) is 12.3. The number of carbonyl (C=O) groups excluding carboxylic acids is 1. The van der Waals surface area contributed by atoms with Crippen LogP contribution < -0.4 is 5.14 Å². The maximum absolute atomic E-state index is 12.6. The summed E-state index contributed by atoms with van der Waals surface area (Å²) in [7, 11) is -3.85. The van der Waals surface area contributed by atoms with Crippen LogP contribution in [0.1, 0.15) is 28.6 Å². The van der Waals surface area contributed by atoms with Gasteiger partial charge in [-0.3, -0.25) is 9.59 Å². The molecule has 1 aromatic rings. The lowest BCUT2D eigenvalue weighted by atomic mass is 9.90. The summed E-state index contributed by atoms with van der Waals surface area (Å²) in [5.74, 6) is -1.77. The van der Waals surface area contributed by atoms with Gasteiger partial charge in [0.1, 0.15) is 4.21 Å². The second kappa shape index (κ2) is 5.98. The highest BCUT2D eigenvalue weighted by Gasteiger charge is 2.33. The number of aryl methyl sites for hydroxylation is 1. The van der Waals surface area contributed by atoms with Crippen LogP contribution in [-0.2, 0) is 14.8 Å². The number of nitrogens with zero attached hydrogens (tertiary/aromatic N) is 1. The van der Waals surface area contributed by atoms with E-state index in [0.29, 0.717) is 23.4 Å². The fourth-order valence-electron chi connectivity index (χ4n) is 2.65. The van der Waals surface area contributed by atoms with Crippen LogP contribution in [0, 0.1) is 18.8 Å². The third-order valence-corrected chi connectivity index (χ3v) is 6.31. The largest absolute Gasteiger partial charge is 0.481 e. The van der Waals surface area contributed by atoms with Crippen LogP contribution in [-0.4, -0.2) is 43.4 Å². The number of carboxylic acid groups (broad SMARTS) is 1. The third kappa shape index (κ3) is 3.47. The van der Waals surface area contributed by atoms with Gasteiger partial charge in [0.15, 0.2) is 0 Å². The van der Waals surface area contributed by atoms with E-state index in [9.17, 15) is 18.0 Å². The van der Waals surface area contributed by atoms with Crippen LogP contribution in [0.5, 0.6) is 0 Å². The van der Waals surface area contributed by atoms with Crippen molar-refractivity contribution >= 4 is 33.2 Å². The summed E-state index contributed by atoms with van der Waals surface area (Å²) in [5, 5.41) is 14.2. The molecule has 2 rings (SSSR count).